The van der Waals surface area contributed by atoms with Crippen LogP contribution in [-0.2, 0) is 70.4 Å². The van der Waals surface area contributed by atoms with E-state index in [-0.39, 0.29) is 76.8 Å². The number of hydrogen-bond acceptors (Lipinski definition) is 16. The van der Waals surface area contributed by atoms with Crippen molar-refractivity contribution in [3.8, 4) is 0 Å². The van der Waals surface area contributed by atoms with Gasteiger partial charge in [-0.3, -0.25) is 57.7 Å². The quantitative estimate of drug-likeness (QED) is 0.0147. The van der Waals surface area contributed by atoms with Gasteiger partial charge in [-0.25, -0.2) is 4.79 Å². The van der Waals surface area contributed by atoms with E-state index in [9.17, 15) is 67.7 Å². The van der Waals surface area contributed by atoms with E-state index < -0.39 is 145 Å². The minimum absolute atomic E-state index is 0.0104. The number of likely N-dealkylation sites (tertiary alicyclic amines) is 1. The molecule has 4 rings (SSSR count). The number of hydrogen-bond donors (Lipinski definition) is 16. The van der Waals surface area contributed by atoms with E-state index in [4.69, 9.17) is 34.4 Å². The molecule has 1 fully saturated rings. The fourth-order valence-electron chi connectivity index (χ4n) is 9.05. The second-order valence-corrected chi connectivity index (χ2v) is 20.9. The Bertz CT molecular complexity index is 2850. The molecule has 31 heteroatoms. The summed E-state index contributed by atoms with van der Waals surface area (Å²) >= 11 is 1.34. The Kier molecular flexibility index (Phi) is 27.3. The number of aliphatic hydroxyl groups is 1. The Morgan fingerprint density at radius 3 is 1.76 bits per heavy atom. The van der Waals surface area contributed by atoms with Crippen molar-refractivity contribution in [3.63, 3.8) is 0 Å². The highest BCUT2D eigenvalue weighted by Gasteiger charge is 2.40. The number of carbonyl (C=O) groups excluding carboxylic acids is 11. The Morgan fingerprint density at radius 1 is 0.631 bits per heavy atom. The van der Waals surface area contributed by atoms with Gasteiger partial charge in [0, 0.05) is 55.9 Å². The van der Waals surface area contributed by atoms with Crippen LogP contribution in [0, 0.1) is 0 Å². The van der Waals surface area contributed by atoms with Crippen LogP contribution < -0.4 is 71.6 Å². The lowest BCUT2D eigenvalue weighted by Crippen LogP contribution is -2.61. The molecule has 1 aliphatic heterocycles. The molecular weight excluding hydrogens is 1120 g/mol. The van der Waals surface area contributed by atoms with Gasteiger partial charge in [0.1, 0.15) is 48.3 Å². The van der Waals surface area contributed by atoms with Crippen LogP contribution >= 0.6 is 11.8 Å². The van der Waals surface area contributed by atoms with Crippen LogP contribution in [0.2, 0.25) is 0 Å². The maximum atomic E-state index is 14.7. The van der Waals surface area contributed by atoms with Crippen LogP contribution in [0.5, 0.6) is 0 Å². The number of carboxylic acids is 1. The van der Waals surface area contributed by atoms with Gasteiger partial charge in [0.2, 0.25) is 65.0 Å². The maximum absolute atomic E-state index is 14.7. The Balaban J connectivity index is 1.61. The molecular formula is C53H76N16O14S. The van der Waals surface area contributed by atoms with Crippen molar-refractivity contribution in [2.45, 2.75) is 131 Å². The molecule has 0 aliphatic carbocycles. The Morgan fingerprint density at radius 2 is 1.15 bits per heavy atom. The number of fused-ring (bicyclic) bond motifs is 1. The predicted molar refractivity (Wildman–Crippen MR) is 307 cm³/mol. The number of thioether (sulfide) groups is 1. The summed E-state index contributed by atoms with van der Waals surface area (Å²) in [6.07, 6.45) is 1.32. The van der Waals surface area contributed by atoms with Crippen molar-refractivity contribution in [2.75, 3.05) is 31.7 Å². The van der Waals surface area contributed by atoms with Gasteiger partial charge in [-0.15, -0.1) is 0 Å². The number of nitrogens with two attached hydrogens (primary N) is 6. The molecule has 0 bridgehead atoms. The molecule has 2 heterocycles. The molecule has 22 N–H and O–H groups in total. The number of nitrogens with zero attached hydrogens (tertiary/aromatic N) is 2. The molecule has 3 aromatic rings. The first-order valence-electron chi connectivity index (χ1n) is 26.9. The summed E-state index contributed by atoms with van der Waals surface area (Å²) in [5.74, 6) is -11.8. The van der Waals surface area contributed by atoms with Crippen molar-refractivity contribution in [3.05, 3.63) is 71.9 Å². The fraction of sp³-hybridized carbons (Fsp3) is 0.491. The number of rotatable bonds is 36. The second-order valence-electron chi connectivity index (χ2n) is 19.9. The minimum atomic E-state index is -1.91. The van der Waals surface area contributed by atoms with E-state index in [0.29, 0.717) is 34.2 Å². The van der Waals surface area contributed by atoms with E-state index >= 15 is 0 Å². The van der Waals surface area contributed by atoms with Gasteiger partial charge in [-0.2, -0.15) is 11.8 Å². The summed E-state index contributed by atoms with van der Waals surface area (Å²) in [6, 6.07) is 2.17. The molecule has 84 heavy (non-hydrogen) atoms. The first kappa shape index (κ1) is 67.7. The van der Waals surface area contributed by atoms with Gasteiger partial charge in [-0.1, -0.05) is 48.5 Å². The van der Waals surface area contributed by atoms with E-state index in [0.717, 1.165) is 0 Å². The number of carbonyl (C=O) groups is 12. The number of nitrogens with one attached hydrogen (secondary N) is 8. The minimum Gasteiger partial charge on any atom is -0.480 e. The molecule has 30 nitrogen and oxygen atoms in total. The second kappa shape index (κ2) is 33.9. The third kappa shape index (κ3) is 21.8. The van der Waals surface area contributed by atoms with Crippen molar-refractivity contribution in [1.82, 2.24) is 47.1 Å². The number of guanidine groups is 1. The summed E-state index contributed by atoms with van der Waals surface area (Å²) in [5, 5.41) is 38.4. The van der Waals surface area contributed by atoms with Gasteiger partial charge in [-0.05, 0) is 74.1 Å². The summed E-state index contributed by atoms with van der Waals surface area (Å²) in [5.41, 5.74) is 34.6. The molecule has 458 valence electrons. The lowest BCUT2D eigenvalue weighted by molar-refractivity contribution is -0.149. The lowest BCUT2D eigenvalue weighted by atomic mass is 10.0. The zero-order chi connectivity index (χ0) is 62.0. The molecule has 1 aromatic heterocycles. The van der Waals surface area contributed by atoms with Crippen molar-refractivity contribution >= 4 is 99.6 Å². The van der Waals surface area contributed by atoms with Crippen molar-refractivity contribution in [1.29, 1.82) is 0 Å². The van der Waals surface area contributed by atoms with Crippen molar-refractivity contribution < 1.29 is 67.7 Å². The van der Waals surface area contributed by atoms with Crippen LogP contribution in [0.4, 0.5) is 0 Å². The highest BCUT2D eigenvalue weighted by atomic mass is 32.2. The predicted octanol–water partition coefficient (Wildman–Crippen LogP) is -5.05. The van der Waals surface area contributed by atoms with Gasteiger partial charge in [0.15, 0.2) is 5.96 Å². The molecule has 9 atom stereocenters. The highest BCUT2D eigenvalue weighted by Crippen LogP contribution is 2.22. The average molecular weight is 1190 g/mol. The summed E-state index contributed by atoms with van der Waals surface area (Å²) in [4.78, 5) is 168. The number of carboxylic acid groups (broad SMARTS) is 1. The Labute approximate surface area is 487 Å². The standard InChI is InChI=1S/C53H76N16O14S/c1-84-22-19-35(47(77)67-38(23-28-9-3-2-4-10-28)51(81)69-21-8-14-40(69)52(82)83)64-48(78)36(24-29-26-61-32-12-6-5-11-30(29)32)65-49(79)37(25-43(57)73)66-50(80)39(27-70)68-45(75)33(13-7-20-60-53(58)59)63-46(76)34(16-18-42(56)72)62-44(74)31(54)15-17-41(55)71/h2-6,9-12,26,31,33-40,61,70H,7-8,13-25,27,54H2,1H3,(H2,55,71)(H2,56,72)(H2,57,73)(H,62,74)(H,63,76)(H,64,78)(H,65,79)(H,66,80)(H,67,77)(H,68,75)(H,82,83)(H4,58,59,60). The zero-order valence-corrected chi connectivity index (χ0v) is 47.2. The summed E-state index contributed by atoms with van der Waals surface area (Å²) < 4.78 is 0. The molecule has 2 aromatic carbocycles. The van der Waals surface area contributed by atoms with Crippen molar-refractivity contribution in [2.24, 2.45) is 39.4 Å². The van der Waals surface area contributed by atoms with Gasteiger partial charge >= 0.3 is 5.97 Å². The van der Waals surface area contributed by atoms with E-state index in [2.05, 4.69) is 47.2 Å². The molecule has 0 saturated carbocycles. The van der Waals surface area contributed by atoms with E-state index in [1.807, 2.05) is 0 Å². The molecule has 1 aliphatic rings. The smallest absolute Gasteiger partial charge is 0.326 e. The van der Waals surface area contributed by atoms with Gasteiger partial charge in [0.05, 0.1) is 19.1 Å². The SMILES string of the molecule is CSCCC(NC(=O)C(Cc1c[nH]c2ccccc12)NC(=O)C(CC(N)=O)NC(=O)C(CO)NC(=O)C(CCCN=C(N)N)NC(=O)C(CCC(N)=O)NC(=O)C(N)CCC(N)=O)C(=O)NC(Cc1ccccc1)C(=O)N1CCCC1C(=O)O. The number of aliphatic carboxylic acids is 1. The van der Waals surface area contributed by atoms with Crippen LogP contribution in [0.3, 0.4) is 0 Å². The number of H-pyrrole nitrogens is 1. The topological polar surface area (TPSA) is 517 Å². The monoisotopic (exact) mass is 1190 g/mol. The molecule has 0 spiro atoms. The number of amides is 11. The summed E-state index contributed by atoms with van der Waals surface area (Å²) in [6.45, 7) is -1.07. The normalized spacial score (nSPS) is 15.7. The van der Waals surface area contributed by atoms with Gasteiger partial charge in [0.25, 0.3) is 0 Å². The first-order valence-corrected chi connectivity index (χ1v) is 28.3. The number of benzene rings is 2. The lowest BCUT2D eigenvalue weighted by Gasteiger charge is -2.29. The number of primary amides is 3. The molecule has 0 radical (unpaired) electrons. The largest absolute Gasteiger partial charge is 0.480 e. The van der Waals surface area contributed by atoms with Crippen LogP contribution in [0.15, 0.2) is 65.8 Å². The number of aromatic amines is 1. The average Bonchev–Trinajstić information content (AvgIpc) is 3.90. The molecule has 9 unspecified atom stereocenters. The third-order valence-corrected chi connectivity index (χ3v) is 14.1. The molecule has 1 saturated heterocycles. The van der Waals surface area contributed by atoms with Crippen LogP contribution in [-0.4, -0.2) is 183 Å². The number of para-hydroxylation sites is 1. The van der Waals surface area contributed by atoms with Gasteiger partial charge < -0.3 is 91.7 Å². The number of aliphatic imine (C=N–C) groups is 1. The van der Waals surface area contributed by atoms with E-state index in [1.165, 1.54) is 16.7 Å². The maximum Gasteiger partial charge on any atom is 0.326 e. The van der Waals surface area contributed by atoms with Crippen LogP contribution in [0.1, 0.15) is 75.3 Å². The van der Waals surface area contributed by atoms with Crippen LogP contribution in [0.25, 0.3) is 10.9 Å². The zero-order valence-electron chi connectivity index (χ0n) is 46.3. The fourth-order valence-corrected chi connectivity index (χ4v) is 9.52. The Hall–Kier alpha value is -8.84. The summed E-state index contributed by atoms with van der Waals surface area (Å²) in [7, 11) is 0. The number of aliphatic hydroxyl groups excluding tert-OH is 1. The third-order valence-electron chi connectivity index (χ3n) is 13.5. The molecule has 11 amide bonds. The number of aromatic nitrogens is 1. The first-order chi connectivity index (χ1) is 39.9. The van der Waals surface area contributed by atoms with E-state index in [1.54, 1.807) is 67.0 Å². The highest BCUT2D eigenvalue weighted by molar-refractivity contribution is 7.98.